The van der Waals surface area contributed by atoms with Crippen LogP contribution in [0.15, 0.2) is 30.3 Å². The second-order valence-electron chi connectivity index (χ2n) is 8.01. The van der Waals surface area contributed by atoms with E-state index in [1.807, 2.05) is 13.8 Å². The predicted octanol–water partition coefficient (Wildman–Crippen LogP) is 5.79. The molecule has 3 heterocycles. The van der Waals surface area contributed by atoms with Gasteiger partial charge in [-0.2, -0.15) is 0 Å². The molecule has 1 atom stereocenters. The van der Waals surface area contributed by atoms with Gasteiger partial charge in [-0.05, 0) is 67.5 Å². The summed E-state index contributed by atoms with van der Waals surface area (Å²) in [4.78, 5) is 2.71. The van der Waals surface area contributed by atoms with Crippen molar-refractivity contribution in [2.24, 2.45) is 7.05 Å². The van der Waals surface area contributed by atoms with Gasteiger partial charge in [-0.1, -0.05) is 43.7 Å². The maximum absolute atomic E-state index is 2.71. The number of benzene rings is 2. The first kappa shape index (κ1) is 18.3. The van der Waals surface area contributed by atoms with Crippen molar-refractivity contribution in [2.75, 3.05) is 6.54 Å². The number of aromatic nitrogens is 1. The second kappa shape index (κ2) is 6.83. The summed E-state index contributed by atoms with van der Waals surface area (Å²) in [6, 6.07) is 12.3. The largest absolute Gasteiger partial charge is 0.348 e. The Kier molecular flexibility index (Phi) is 4.63. The number of hydrogen-bond donors (Lipinski definition) is 0. The lowest BCUT2D eigenvalue weighted by molar-refractivity contribution is 0.162. The molecule has 1 unspecified atom stereocenters. The second-order valence-corrected chi connectivity index (χ2v) is 8.01. The van der Waals surface area contributed by atoms with Gasteiger partial charge in [-0.25, -0.2) is 0 Å². The van der Waals surface area contributed by atoms with Crippen molar-refractivity contribution in [1.82, 2.24) is 9.47 Å². The first-order chi connectivity index (χ1) is 13.0. The molecule has 2 aromatic carbocycles. The molecule has 0 amide bonds. The first-order valence-corrected chi connectivity index (χ1v) is 10.4. The van der Waals surface area contributed by atoms with E-state index in [1.165, 1.54) is 40.7 Å². The van der Waals surface area contributed by atoms with Crippen molar-refractivity contribution in [1.29, 1.82) is 0 Å². The molecule has 1 aromatic heterocycles. The zero-order valence-electron chi connectivity index (χ0n) is 17.7. The van der Waals surface area contributed by atoms with Crippen molar-refractivity contribution in [3.05, 3.63) is 69.4 Å². The normalized spacial score (nSPS) is 18.4. The molecular formula is C25H32N2. The Balaban J connectivity index is 0.000000872. The molecule has 0 bridgehead atoms. The fourth-order valence-electron chi connectivity index (χ4n) is 5.09. The van der Waals surface area contributed by atoms with Gasteiger partial charge in [-0.15, -0.1) is 0 Å². The van der Waals surface area contributed by atoms with Crippen LogP contribution in [-0.4, -0.2) is 16.0 Å². The number of rotatable bonds is 0. The molecule has 0 radical (unpaired) electrons. The third-order valence-corrected chi connectivity index (χ3v) is 6.71. The van der Waals surface area contributed by atoms with Crippen molar-refractivity contribution >= 4 is 10.9 Å². The van der Waals surface area contributed by atoms with E-state index in [0.717, 1.165) is 13.0 Å². The van der Waals surface area contributed by atoms with Crippen molar-refractivity contribution < 1.29 is 0 Å². The lowest BCUT2D eigenvalue weighted by Crippen LogP contribution is -2.39. The highest BCUT2D eigenvalue weighted by molar-refractivity contribution is 5.89. The van der Waals surface area contributed by atoms with Gasteiger partial charge in [-0.3, -0.25) is 4.90 Å². The summed E-state index contributed by atoms with van der Waals surface area (Å²) in [5, 5.41) is 1.51. The fourth-order valence-corrected chi connectivity index (χ4v) is 5.09. The molecule has 2 aliphatic rings. The summed E-state index contributed by atoms with van der Waals surface area (Å²) >= 11 is 0. The Morgan fingerprint density at radius 1 is 0.963 bits per heavy atom. The zero-order valence-corrected chi connectivity index (χ0v) is 17.7. The first-order valence-electron chi connectivity index (χ1n) is 10.4. The molecule has 0 saturated heterocycles. The Morgan fingerprint density at radius 3 is 2.52 bits per heavy atom. The van der Waals surface area contributed by atoms with Crippen LogP contribution in [0.25, 0.3) is 10.9 Å². The minimum Gasteiger partial charge on any atom is -0.348 e. The van der Waals surface area contributed by atoms with Crippen LogP contribution in [0, 0.1) is 20.8 Å². The summed E-state index contributed by atoms with van der Waals surface area (Å²) in [6.45, 7) is 13.0. The summed E-state index contributed by atoms with van der Waals surface area (Å²) in [5.74, 6) is 0. The number of nitrogens with zero attached hydrogens (tertiary/aromatic N) is 2. The number of aryl methyl sites for hydroxylation is 3. The van der Waals surface area contributed by atoms with Crippen LogP contribution < -0.4 is 0 Å². The van der Waals surface area contributed by atoms with Crippen LogP contribution in [0.3, 0.4) is 0 Å². The molecule has 5 rings (SSSR count). The van der Waals surface area contributed by atoms with Gasteiger partial charge in [0.25, 0.3) is 0 Å². The van der Waals surface area contributed by atoms with Crippen molar-refractivity contribution in [2.45, 2.75) is 60.0 Å². The van der Waals surface area contributed by atoms with Gasteiger partial charge in [0.15, 0.2) is 0 Å². The van der Waals surface area contributed by atoms with Crippen LogP contribution >= 0.6 is 0 Å². The molecule has 0 spiro atoms. The van der Waals surface area contributed by atoms with E-state index in [-0.39, 0.29) is 0 Å². The molecule has 2 aliphatic heterocycles. The molecule has 0 N–H and O–H groups in total. The van der Waals surface area contributed by atoms with Crippen molar-refractivity contribution in [3.8, 4) is 0 Å². The van der Waals surface area contributed by atoms with Gasteiger partial charge in [0.1, 0.15) is 0 Å². The maximum Gasteiger partial charge on any atom is 0.0486 e. The fraction of sp³-hybridized carbons (Fsp3) is 0.440. The number of fused-ring (bicyclic) bond motifs is 6. The maximum atomic E-state index is 2.71. The molecule has 3 aromatic rings. The Labute approximate surface area is 163 Å². The van der Waals surface area contributed by atoms with Crippen LogP contribution in [0.4, 0.5) is 0 Å². The summed E-state index contributed by atoms with van der Waals surface area (Å²) in [6.07, 6.45) is 2.33. The summed E-state index contributed by atoms with van der Waals surface area (Å²) < 4.78 is 2.35. The van der Waals surface area contributed by atoms with E-state index in [2.05, 4.69) is 67.6 Å². The number of hydrogen-bond acceptors (Lipinski definition) is 1. The highest BCUT2D eigenvalue weighted by Crippen LogP contribution is 2.41. The molecule has 2 nitrogen and oxygen atoms in total. The predicted molar refractivity (Wildman–Crippen MR) is 115 cm³/mol. The zero-order chi connectivity index (χ0) is 19.3. The van der Waals surface area contributed by atoms with Gasteiger partial charge >= 0.3 is 0 Å². The minimum absolute atomic E-state index is 0.555. The highest BCUT2D eigenvalue weighted by atomic mass is 15.2. The topological polar surface area (TPSA) is 8.17 Å². The van der Waals surface area contributed by atoms with E-state index in [9.17, 15) is 0 Å². The molecule has 27 heavy (non-hydrogen) atoms. The smallest absolute Gasteiger partial charge is 0.0486 e. The third-order valence-electron chi connectivity index (χ3n) is 6.71. The third kappa shape index (κ3) is 2.73. The van der Waals surface area contributed by atoms with E-state index >= 15 is 0 Å². The standard InChI is InChI=1S/C23H26N2.C2H6/c1-14-5-7-19-18(11-14)9-10-25-13-20-17(12-22(19)25)6-8-21-23(20)15(2)16(3)24(21)4;1-2/h5-8,11,22H,9-10,12-13H2,1-4H3;1-2H3. The lowest BCUT2D eigenvalue weighted by atomic mass is 9.82. The van der Waals surface area contributed by atoms with Crippen LogP contribution in [-0.2, 0) is 26.4 Å². The Morgan fingerprint density at radius 2 is 1.74 bits per heavy atom. The van der Waals surface area contributed by atoms with E-state index in [4.69, 9.17) is 0 Å². The minimum atomic E-state index is 0.555. The Hall–Kier alpha value is -2.06. The summed E-state index contributed by atoms with van der Waals surface area (Å²) in [7, 11) is 2.20. The van der Waals surface area contributed by atoms with Gasteiger partial charge in [0.2, 0.25) is 0 Å². The molecule has 0 aliphatic carbocycles. The molecule has 0 saturated carbocycles. The van der Waals surface area contributed by atoms with Crippen LogP contribution in [0.2, 0.25) is 0 Å². The molecule has 0 fully saturated rings. The average Bonchev–Trinajstić information content (AvgIpc) is 2.92. The van der Waals surface area contributed by atoms with Crippen molar-refractivity contribution in [3.63, 3.8) is 0 Å². The monoisotopic (exact) mass is 360 g/mol. The summed E-state index contributed by atoms with van der Waals surface area (Å²) in [5.41, 5.74) is 11.9. The average molecular weight is 361 g/mol. The van der Waals surface area contributed by atoms with E-state index in [0.29, 0.717) is 6.04 Å². The van der Waals surface area contributed by atoms with Gasteiger partial charge < -0.3 is 4.57 Å². The van der Waals surface area contributed by atoms with E-state index < -0.39 is 0 Å². The Bertz CT molecular complexity index is 1010. The quantitative estimate of drug-likeness (QED) is 0.493. The van der Waals surface area contributed by atoms with Gasteiger partial charge in [0, 0.05) is 42.8 Å². The van der Waals surface area contributed by atoms with Gasteiger partial charge in [0.05, 0.1) is 0 Å². The van der Waals surface area contributed by atoms with E-state index in [1.54, 1.807) is 22.3 Å². The SMILES string of the molecule is CC.Cc1ccc2c(c1)CCN1Cc3c(ccc4c3c(C)c(C)n4C)CC21. The highest BCUT2D eigenvalue weighted by Gasteiger charge is 2.33. The molecular weight excluding hydrogens is 328 g/mol. The molecule has 142 valence electrons. The van der Waals surface area contributed by atoms with Crippen LogP contribution in [0.5, 0.6) is 0 Å². The lowest BCUT2D eigenvalue weighted by Gasteiger charge is -2.42. The van der Waals surface area contributed by atoms with Crippen LogP contribution in [0.1, 0.15) is 59.0 Å². The molecule has 2 heteroatoms.